The van der Waals surface area contributed by atoms with Gasteiger partial charge in [-0.3, -0.25) is 0 Å². The van der Waals surface area contributed by atoms with E-state index in [1.54, 1.807) is 0 Å². The summed E-state index contributed by atoms with van der Waals surface area (Å²) in [5.41, 5.74) is 0. The van der Waals surface area contributed by atoms with E-state index in [4.69, 9.17) is 0 Å². The molecule has 0 aromatic rings. The van der Waals surface area contributed by atoms with Crippen molar-refractivity contribution in [1.29, 1.82) is 0 Å². The second-order valence-corrected chi connectivity index (χ2v) is 6.97. The standard InChI is InChI=1S/C11H22N2O2S/c14-16(15,9-11-4-6-12-8-11)13-7-5-10-2-1-3-10/h10-13H,1-9H2. The van der Waals surface area contributed by atoms with Gasteiger partial charge in [0.2, 0.25) is 10.0 Å². The van der Waals surface area contributed by atoms with Crippen LogP contribution in [0.25, 0.3) is 0 Å². The molecule has 1 unspecified atom stereocenters. The van der Waals surface area contributed by atoms with Crippen molar-refractivity contribution in [3.05, 3.63) is 0 Å². The third-order valence-electron chi connectivity index (χ3n) is 3.72. The van der Waals surface area contributed by atoms with Crippen LogP contribution < -0.4 is 10.0 Å². The van der Waals surface area contributed by atoms with Crippen LogP contribution in [0.5, 0.6) is 0 Å². The Morgan fingerprint density at radius 1 is 1.19 bits per heavy atom. The number of rotatable bonds is 6. The van der Waals surface area contributed by atoms with Gasteiger partial charge in [-0.2, -0.15) is 0 Å². The van der Waals surface area contributed by atoms with Crippen LogP contribution in [0.2, 0.25) is 0 Å². The highest BCUT2D eigenvalue weighted by atomic mass is 32.2. The fourth-order valence-electron chi connectivity index (χ4n) is 2.43. The summed E-state index contributed by atoms with van der Waals surface area (Å²) in [4.78, 5) is 0. The average Bonchev–Trinajstić information content (AvgIpc) is 2.61. The number of hydrogen-bond acceptors (Lipinski definition) is 3. The zero-order chi connectivity index (χ0) is 11.4. The molecule has 16 heavy (non-hydrogen) atoms. The Hall–Kier alpha value is -0.130. The highest BCUT2D eigenvalue weighted by Crippen LogP contribution is 2.28. The van der Waals surface area contributed by atoms with Gasteiger partial charge in [0, 0.05) is 6.54 Å². The average molecular weight is 246 g/mol. The zero-order valence-corrected chi connectivity index (χ0v) is 10.6. The predicted molar refractivity (Wildman–Crippen MR) is 64.7 cm³/mol. The van der Waals surface area contributed by atoms with Crippen LogP contribution in [0, 0.1) is 11.8 Å². The van der Waals surface area contributed by atoms with Gasteiger partial charge in [-0.25, -0.2) is 13.1 Å². The van der Waals surface area contributed by atoms with Gasteiger partial charge in [0.15, 0.2) is 0 Å². The van der Waals surface area contributed by atoms with E-state index < -0.39 is 10.0 Å². The predicted octanol–water partition coefficient (Wildman–Crippen LogP) is 0.705. The Balaban J connectivity index is 1.65. The molecular weight excluding hydrogens is 224 g/mol. The summed E-state index contributed by atoms with van der Waals surface area (Å²) in [6.45, 7) is 2.44. The first-order valence-corrected chi connectivity index (χ1v) is 7.99. The van der Waals surface area contributed by atoms with Crippen LogP contribution in [-0.4, -0.2) is 33.8 Å². The van der Waals surface area contributed by atoms with Gasteiger partial charge in [0.1, 0.15) is 0 Å². The minimum absolute atomic E-state index is 0.296. The molecule has 0 radical (unpaired) electrons. The zero-order valence-electron chi connectivity index (χ0n) is 9.74. The van der Waals surface area contributed by atoms with E-state index in [1.807, 2.05) is 0 Å². The molecule has 0 spiro atoms. The highest BCUT2D eigenvalue weighted by molar-refractivity contribution is 7.89. The Bertz CT molecular complexity index is 306. The molecule has 2 fully saturated rings. The molecule has 1 aliphatic heterocycles. The molecule has 1 heterocycles. The van der Waals surface area contributed by atoms with Gasteiger partial charge < -0.3 is 5.32 Å². The van der Waals surface area contributed by atoms with Crippen molar-refractivity contribution in [3.63, 3.8) is 0 Å². The molecular formula is C11H22N2O2S. The summed E-state index contributed by atoms with van der Waals surface area (Å²) in [5.74, 6) is 1.38. The number of nitrogens with one attached hydrogen (secondary N) is 2. The molecule has 0 amide bonds. The molecule has 2 aliphatic rings. The quantitative estimate of drug-likeness (QED) is 0.725. The van der Waals surface area contributed by atoms with Gasteiger partial charge in [0.25, 0.3) is 0 Å². The fourth-order valence-corrected chi connectivity index (χ4v) is 3.88. The Morgan fingerprint density at radius 3 is 2.56 bits per heavy atom. The molecule has 1 aliphatic carbocycles. The third-order valence-corrected chi connectivity index (χ3v) is 5.27. The van der Waals surface area contributed by atoms with Gasteiger partial charge in [0.05, 0.1) is 5.75 Å². The van der Waals surface area contributed by atoms with Crippen LogP contribution in [0.4, 0.5) is 0 Å². The van der Waals surface area contributed by atoms with Crippen LogP contribution >= 0.6 is 0 Å². The fraction of sp³-hybridized carbons (Fsp3) is 1.00. The molecule has 4 nitrogen and oxygen atoms in total. The first kappa shape index (κ1) is 12.3. The first-order valence-electron chi connectivity index (χ1n) is 6.34. The smallest absolute Gasteiger partial charge is 0.211 e. The lowest BCUT2D eigenvalue weighted by Gasteiger charge is -2.25. The van der Waals surface area contributed by atoms with Crippen molar-refractivity contribution >= 4 is 10.0 Å². The molecule has 0 aromatic heterocycles. The van der Waals surface area contributed by atoms with E-state index in [0.29, 0.717) is 18.2 Å². The molecule has 1 saturated carbocycles. The summed E-state index contributed by atoms with van der Waals surface area (Å²) >= 11 is 0. The van der Waals surface area contributed by atoms with Crippen LogP contribution in [0.1, 0.15) is 32.1 Å². The van der Waals surface area contributed by atoms with Crippen molar-refractivity contribution in [3.8, 4) is 0 Å². The molecule has 1 saturated heterocycles. The minimum atomic E-state index is -3.03. The first-order chi connectivity index (χ1) is 7.66. The SMILES string of the molecule is O=S(=O)(CC1CCNC1)NCCC1CCC1. The van der Waals surface area contributed by atoms with Crippen molar-refractivity contribution in [2.24, 2.45) is 11.8 Å². The van der Waals surface area contributed by atoms with Gasteiger partial charge >= 0.3 is 0 Å². The molecule has 1 atom stereocenters. The second-order valence-electron chi connectivity index (χ2n) is 5.12. The molecule has 2 N–H and O–H groups in total. The Labute approximate surface area is 98.2 Å². The van der Waals surface area contributed by atoms with Gasteiger partial charge in [-0.05, 0) is 37.8 Å². The maximum atomic E-state index is 11.7. The van der Waals surface area contributed by atoms with Crippen molar-refractivity contribution in [2.45, 2.75) is 32.1 Å². The topological polar surface area (TPSA) is 58.2 Å². The molecule has 94 valence electrons. The molecule has 0 aromatic carbocycles. The van der Waals surface area contributed by atoms with E-state index >= 15 is 0 Å². The number of sulfonamides is 1. The monoisotopic (exact) mass is 246 g/mol. The van der Waals surface area contributed by atoms with Gasteiger partial charge in [-0.1, -0.05) is 19.3 Å². The van der Waals surface area contributed by atoms with E-state index in [1.165, 1.54) is 19.3 Å². The van der Waals surface area contributed by atoms with Crippen LogP contribution in [0.3, 0.4) is 0 Å². The maximum absolute atomic E-state index is 11.7. The lowest BCUT2D eigenvalue weighted by atomic mass is 9.83. The van der Waals surface area contributed by atoms with E-state index in [0.717, 1.165) is 31.8 Å². The minimum Gasteiger partial charge on any atom is -0.316 e. The Morgan fingerprint density at radius 2 is 2.00 bits per heavy atom. The summed E-state index contributed by atoms with van der Waals surface area (Å²) in [6, 6.07) is 0. The summed E-state index contributed by atoms with van der Waals surface area (Å²) in [6.07, 6.45) is 5.90. The summed E-state index contributed by atoms with van der Waals surface area (Å²) < 4.78 is 26.2. The molecule has 5 heteroatoms. The summed E-state index contributed by atoms with van der Waals surface area (Å²) in [7, 11) is -3.03. The van der Waals surface area contributed by atoms with Crippen molar-refractivity contribution in [2.75, 3.05) is 25.4 Å². The van der Waals surface area contributed by atoms with Crippen molar-refractivity contribution in [1.82, 2.24) is 10.0 Å². The lowest BCUT2D eigenvalue weighted by Crippen LogP contribution is -2.32. The van der Waals surface area contributed by atoms with E-state index in [2.05, 4.69) is 10.0 Å². The van der Waals surface area contributed by atoms with Gasteiger partial charge in [-0.15, -0.1) is 0 Å². The largest absolute Gasteiger partial charge is 0.316 e. The highest BCUT2D eigenvalue weighted by Gasteiger charge is 2.23. The Kier molecular flexibility index (Phi) is 4.21. The normalized spacial score (nSPS) is 26.9. The summed E-state index contributed by atoms with van der Waals surface area (Å²) in [5, 5.41) is 3.20. The molecule has 2 rings (SSSR count). The molecule has 0 bridgehead atoms. The second kappa shape index (κ2) is 5.47. The third kappa shape index (κ3) is 3.71. The van der Waals surface area contributed by atoms with E-state index in [-0.39, 0.29) is 0 Å². The van der Waals surface area contributed by atoms with Crippen LogP contribution in [0.15, 0.2) is 0 Å². The van der Waals surface area contributed by atoms with Crippen molar-refractivity contribution < 1.29 is 8.42 Å². The maximum Gasteiger partial charge on any atom is 0.211 e. The number of hydrogen-bond donors (Lipinski definition) is 2. The lowest BCUT2D eigenvalue weighted by molar-refractivity contribution is 0.297. The van der Waals surface area contributed by atoms with E-state index in [9.17, 15) is 8.42 Å². The van der Waals surface area contributed by atoms with Crippen LogP contribution in [-0.2, 0) is 10.0 Å².